The van der Waals surface area contributed by atoms with E-state index in [-0.39, 0.29) is 11.2 Å². The molecule has 0 aliphatic heterocycles. The third-order valence-electron chi connectivity index (χ3n) is 8.73. The number of nitriles is 1. The molecule has 0 fully saturated rings. The predicted octanol–water partition coefficient (Wildman–Crippen LogP) is 7.46. The Balaban J connectivity index is 1.58. The maximum Gasteiger partial charge on any atom is 0.144 e. The summed E-state index contributed by atoms with van der Waals surface area (Å²) >= 11 is 0. The van der Waals surface area contributed by atoms with E-state index in [1.165, 1.54) is 6.20 Å². The first-order chi connectivity index (χ1) is 19.6. The van der Waals surface area contributed by atoms with Crippen LogP contribution in [0.1, 0.15) is 31.9 Å². The molecule has 2 heterocycles. The Morgan fingerprint density at radius 2 is 1.46 bits per heavy atom. The van der Waals surface area contributed by atoms with E-state index in [1.54, 1.807) is 0 Å². The second-order valence-electron chi connectivity index (χ2n) is 12.1. The molecule has 2 aromatic heterocycles. The van der Waals surface area contributed by atoms with Gasteiger partial charge < -0.3 is 4.42 Å². The Hall–Kier alpha value is -4.62. The summed E-state index contributed by atoms with van der Waals surface area (Å²) in [6.07, 6.45) is 1.31. The fourth-order valence-corrected chi connectivity index (χ4v) is 5.40. The van der Waals surface area contributed by atoms with Crippen molar-refractivity contribution in [3.8, 4) is 39.6 Å². The first-order valence-electron chi connectivity index (χ1n) is 13.8. The molecule has 6 heteroatoms. The van der Waals surface area contributed by atoms with Crippen LogP contribution in [0.3, 0.4) is 0 Å². The van der Waals surface area contributed by atoms with Gasteiger partial charge in [-0.1, -0.05) is 86.6 Å². The Kier molecular flexibility index (Phi) is 6.35. The van der Waals surface area contributed by atoms with Crippen LogP contribution in [0.4, 0.5) is 4.39 Å². The number of furan rings is 1. The van der Waals surface area contributed by atoms with E-state index >= 15 is 4.39 Å². The number of rotatable bonds is 4. The third-order valence-corrected chi connectivity index (χ3v) is 8.73. The van der Waals surface area contributed by atoms with Crippen molar-refractivity contribution in [3.63, 3.8) is 0 Å². The third kappa shape index (κ3) is 4.43. The summed E-state index contributed by atoms with van der Waals surface area (Å²) in [5, 5.41) is 11.5. The number of para-hydroxylation sites is 1. The molecule has 6 rings (SSSR count). The number of benzene rings is 4. The van der Waals surface area contributed by atoms with Gasteiger partial charge in [-0.2, -0.15) is 5.26 Å². The molecule has 3 nitrogen and oxygen atoms in total. The Morgan fingerprint density at radius 3 is 2.20 bits per heavy atom. The summed E-state index contributed by atoms with van der Waals surface area (Å²) in [6, 6.07) is 32.3. The van der Waals surface area contributed by atoms with Gasteiger partial charge in [0.1, 0.15) is 32.7 Å². The second-order valence-corrected chi connectivity index (χ2v) is 12.1. The average molecular weight is 534 g/mol. The average Bonchev–Trinajstić information content (AvgIpc) is 3.35. The lowest BCUT2D eigenvalue weighted by Crippen LogP contribution is -2.42. The summed E-state index contributed by atoms with van der Waals surface area (Å²) in [6.45, 7) is 6.36. The van der Waals surface area contributed by atoms with Gasteiger partial charge in [-0.3, -0.25) is 4.98 Å². The van der Waals surface area contributed by atoms with Crippen molar-refractivity contribution in [1.29, 1.82) is 5.26 Å². The van der Waals surface area contributed by atoms with Crippen LogP contribution in [0.2, 0.25) is 0 Å². The minimum atomic E-state index is -0.435. The molecule has 41 heavy (non-hydrogen) atoms. The van der Waals surface area contributed by atoms with Gasteiger partial charge in [0.25, 0.3) is 0 Å². The van der Waals surface area contributed by atoms with Crippen molar-refractivity contribution >= 4 is 37.6 Å². The summed E-state index contributed by atoms with van der Waals surface area (Å²) in [7, 11) is 4.13. The molecule has 0 saturated heterocycles. The summed E-state index contributed by atoms with van der Waals surface area (Å²) in [5.41, 5.74) is 7.55. The van der Waals surface area contributed by atoms with Crippen LogP contribution >= 0.6 is 0 Å². The van der Waals surface area contributed by atoms with Gasteiger partial charge in [-0.05, 0) is 58.0 Å². The van der Waals surface area contributed by atoms with Crippen molar-refractivity contribution in [3.05, 3.63) is 114 Å². The lowest BCUT2D eigenvalue weighted by Gasteiger charge is -2.40. The van der Waals surface area contributed by atoms with Crippen LogP contribution in [0.25, 0.3) is 55.4 Å². The lowest BCUT2D eigenvalue weighted by atomic mass is 9.41. The van der Waals surface area contributed by atoms with E-state index in [1.807, 2.05) is 66.7 Å². The number of hydrogen-bond donors (Lipinski definition) is 0. The number of fused-ring (bicyclic) bond motifs is 3. The van der Waals surface area contributed by atoms with E-state index in [0.29, 0.717) is 28.0 Å². The molecule has 198 valence electrons. The number of aromatic nitrogens is 1. The van der Waals surface area contributed by atoms with Crippen molar-refractivity contribution in [1.82, 2.24) is 4.98 Å². The Bertz CT molecular complexity index is 1980. The van der Waals surface area contributed by atoms with Gasteiger partial charge in [0, 0.05) is 21.9 Å². The molecule has 0 spiro atoms. The summed E-state index contributed by atoms with van der Waals surface area (Å²) < 4.78 is 21.8. The van der Waals surface area contributed by atoms with Crippen LogP contribution in [-0.2, 0) is 5.21 Å². The lowest BCUT2D eigenvalue weighted by molar-refractivity contribution is 0.349. The molecule has 0 atom stereocenters. The molecule has 4 aromatic carbocycles. The monoisotopic (exact) mass is 534 g/mol. The molecule has 0 amide bonds. The molecule has 0 N–H and O–H groups in total. The van der Waals surface area contributed by atoms with E-state index < -0.39 is 5.21 Å². The minimum absolute atomic E-state index is 0.172. The van der Waals surface area contributed by atoms with Gasteiger partial charge in [-0.25, -0.2) is 4.39 Å². The molecule has 0 saturated carbocycles. The molecule has 0 unspecified atom stereocenters. The van der Waals surface area contributed by atoms with Crippen LogP contribution in [0.5, 0.6) is 0 Å². The maximum atomic E-state index is 15.2. The highest BCUT2D eigenvalue weighted by molar-refractivity contribution is 6.40. The largest absolute Gasteiger partial charge is 0.455 e. The van der Waals surface area contributed by atoms with Gasteiger partial charge in [0.05, 0.1) is 23.5 Å². The normalized spacial score (nSPS) is 12.1. The summed E-state index contributed by atoms with van der Waals surface area (Å²) in [4.78, 5) is 4.50. The molecular weight excluding hydrogens is 505 g/mol. The molecular formula is C35H29B2FN2O. The molecule has 0 aliphatic rings. The van der Waals surface area contributed by atoms with Gasteiger partial charge in [0.2, 0.25) is 0 Å². The quantitative estimate of drug-likeness (QED) is 0.221. The fraction of sp³-hybridized carbons (Fsp3) is 0.143. The van der Waals surface area contributed by atoms with E-state index in [4.69, 9.17) is 4.42 Å². The topological polar surface area (TPSA) is 49.8 Å². The molecule has 0 bridgehead atoms. The number of hydrogen-bond acceptors (Lipinski definition) is 3. The zero-order valence-corrected chi connectivity index (χ0v) is 23.9. The van der Waals surface area contributed by atoms with Crippen LogP contribution in [0, 0.1) is 22.6 Å². The Labute approximate surface area is 241 Å². The molecule has 0 radical (unpaired) electrons. The number of pyridine rings is 1. The zero-order valence-electron chi connectivity index (χ0n) is 23.9. The van der Waals surface area contributed by atoms with Crippen LogP contribution in [0.15, 0.2) is 102 Å². The van der Waals surface area contributed by atoms with E-state index in [0.717, 1.165) is 38.6 Å². The maximum absolute atomic E-state index is 15.2. The standard InChI is InChI=1S/C35H29B2FN2O/c1-34(2,3)35(36,37)28-18-30(40-20-29(28)38)27-14-8-13-25-26-16-15-24(19-39)31(33(26)41-32(25)27)23-12-7-11-22(17-23)21-9-5-4-6-10-21/h4-18,20H,36-37H2,1-3H3. The molecule has 0 aliphatic carbocycles. The first-order valence-corrected chi connectivity index (χ1v) is 13.8. The van der Waals surface area contributed by atoms with Crippen molar-refractivity contribution in [2.24, 2.45) is 5.41 Å². The minimum Gasteiger partial charge on any atom is -0.455 e. The highest BCUT2D eigenvalue weighted by Gasteiger charge is 2.36. The number of halogens is 1. The first kappa shape index (κ1) is 26.6. The van der Waals surface area contributed by atoms with Crippen molar-refractivity contribution in [2.45, 2.75) is 26.0 Å². The van der Waals surface area contributed by atoms with Crippen molar-refractivity contribution < 1.29 is 8.81 Å². The fourth-order valence-electron chi connectivity index (χ4n) is 5.40. The Morgan fingerprint density at radius 1 is 0.780 bits per heavy atom. The van der Waals surface area contributed by atoms with Crippen LogP contribution < -0.4 is 0 Å². The highest BCUT2D eigenvalue weighted by atomic mass is 19.1. The van der Waals surface area contributed by atoms with Gasteiger partial charge in [-0.15, -0.1) is 0 Å². The number of nitrogens with zero attached hydrogens (tertiary/aromatic N) is 2. The van der Waals surface area contributed by atoms with Crippen molar-refractivity contribution in [2.75, 3.05) is 0 Å². The molecule has 6 aromatic rings. The second kappa shape index (κ2) is 9.78. The summed E-state index contributed by atoms with van der Waals surface area (Å²) in [5.74, 6) is -0.315. The van der Waals surface area contributed by atoms with Gasteiger partial charge in [0.15, 0.2) is 0 Å². The predicted molar refractivity (Wildman–Crippen MR) is 171 cm³/mol. The van der Waals surface area contributed by atoms with E-state index in [2.05, 4.69) is 71.8 Å². The zero-order chi connectivity index (χ0) is 28.9. The SMILES string of the molecule is BC(B)(c1cc(-c2cccc3c2oc2c(-c4cccc(-c5ccccc5)c4)c(C#N)ccc23)ncc1F)C(C)(C)C. The van der Waals surface area contributed by atoms with Gasteiger partial charge >= 0.3 is 0 Å². The van der Waals surface area contributed by atoms with E-state index in [9.17, 15) is 5.26 Å². The smallest absolute Gasteiger partial charge is 0.144 e. The highest BCUT2D eigenvalue weighted by Crippen LogP contribution is 2.43. The van der Waals surface area contributed by atoms with Crippen LogP contribution in [-0.4, -0.2) is 20.7 Å².